The van der Waals surface area contributed by atoms with Gasteiger partial charge in [0.2, 0.25) is 10.0 Å². The Morgan fingerprint density at radius 1 is 1.47 bits per heavy atom. The Kier molecular flexibility index (Phi) is 3.43. The van der Waals surface area contributed by atoms with Gasteiger partial charge in [-0.1, -0.05) is 0 Å². The Morgan fingerprint density at radius 2 is 2.16 bits per heavy atom. The van der Waals surface area contributed by atoms with Gasteiger partial charge in [0.25, 0.3) is 5.69 Å². The maximum absolute atomic E-state index is 12.3. The summed E-state index contributed by atoms with van der Waals surface area (Å²) in [7, 11) is -3.91. The zero-order valence-electron chi connectivity index (χ0n) is 9.89. The fraction of sp³-hybridized carbons (Fsp3) is 0.400. The lowest BCUT2D eigenvalue weighted by Crippen LogP contribution is -2.30. The van der Waals surface area contributed by atoms with Gasteiger partial charge in [0.05, 0.1) is 16.7 Å². The number of anilines is 1. The third kappa shape index (κ3) is 2.53. The molecule has 0 aromatic heterocycles. The molecule has 0 spiro atoms. The van der Waals surface area contributed by atoms with Crippen molar-refractivity contribution < 1.29 is 18.4 Å². The highest BCUT2D eigenvalue weighted by Crippen LogP contribution is 2.28. The summed E-state index contributed by atoms with van der Waals surface area (Å²) in [4.78, 5) is 9.70. The van der Waals surface area contributed by atoms with E-state index in [0.717, 1.165) is 16.4 Å². The lowest BCUT2D eigenvalue weighted by molar-refractivity contribution is -0.385. The number of aliphatic hydroxyl groups excluding tert-OH is 1. The second kappa shape index (κ2) is 4.76. The number of aliphatic hydroxyl groups is 1. The van der Waals surface area contributed by atoms with Crippen molar-refractivity contribution in [2.75, 3.05) is 18.8 Å². The molecule has 1 fully saturated rings. The first-order valence-corrected chi connectivity index (χ1v) is 6.98. The van der Waals surface area contributed by atoms with E-state index in [9.17, 15) is 23.6 Å². The summed E-state index contributed by atoms with van der Waals surface area (Å²) in [6.45, 7) is 0.149. The van der Waals surface area contributed by atoms with E-state index in [2.05, 4.69) is 0 Å². The third-order valence-electron chi connectivity index (χ3n) is 2.95. The Morgan fingerprint density at radius 3 is 2.68 bits per heavy atom. The Balaban J connectivity index is 2.45. The first-order valence-electron chi connectivity index (χ1n) is 5.54. The van der Waals surface area contributed by atoms with Crippen molar-refractivity contribution >= 4 is 21.4 Å². The van der Waals surface area contributed by atoms with Gasteiger partial charge in [0.15, 0.2) is 0 Å². The minimum Gasteiger partial charge on any atom is -0.398 e. The van der Waals surface area contributed by atoms with Gasteiger partial charge >= 0.3 is 0 Å². The zero-order valence-corrected chi connectivity index (χ0v) is 10.7. The molecule has 104 valence electrons. The highest BCUT2D eigenvalue weighted by Gasteiger charge is 2.33. The molecule has 0 radical (unpaired) electrons. The molecule has 1 unspecified atom stereocenters. The quantitative estimate of drug-likeness (QED) is 0.455. The standard InChI is InChI=1S/C10H13N3O5S/c11-9-2-1-7(13(15)16)5-10(9)19(17,18)12-4-3-8(14)6-12/h1-2,5,8,14H,3-4,6,11H2. The number of rotatable bonds is 3. The number of nitro benzene ring substituents is 1. The van der Waals surface area contributed by atoms with E-state index in [-0.39, 0.29) is 29.4 Å². The lowest BCUT2D eigenvalue weighted by Gasteiger charge is -2.16. The summed E-state index contributed by atoms with van der Waals surface area (Å²) in [5.74, 6) is 0. The molecule has 3 N–H and O–H groups in total. The molecule has 0 bridgehead atoms. The number of nitrogen functional groups attached to an aromatic ring is 1. The van der Waals surface area contributed by atoms with Gasteiger partial charge in [-0.05, 0) is 12.5 Å². The smallest absolute Gasteiger partial charge is 0.270 e. The molecule has 1 aliphatic heterocycles. The molecule has 1 aliphatic rings. The third-order valence-corrected chi connectivity index (χ3v) is 4.87. The van der Waals surface area contributed by atoms with Crippen LogP contribution in [0, 0.1) is 10.1 Å². The highest BCUT2D eigenvalue weighted by atomic mass is 32.2. The number of nitrogens with two attached hydrogens (primary N) is 1. The first kappa shape index (κ1) is 13.7. The van der Waals surface area contributed by atoms with Crippen LogP contribution in [0.3, 0.4) is 0 Å². The van der Waals surface area contributed by atoms with E-state index in [1.54, 1.807) is 0 Å². The Labute approximate surface area is 109 Å². The van der Waals surface area contributed by atoms with Gasteiger partial charge in [-0.3, -0.25) is 10.1 Å². The number of β-amino-alcohol motifs (C(OH)–C–C–N with tert-alkyl or cyclic N) is 1. The summed E-state index contributed by atoms with van der Waals surface area (Å²) in [5, 5.41) is 20.1. The van der Waals surface area contributed by atoms with Crippen molar-refractivity contribution in [3.05, 3.63) is 28.3 Å². The van der Waals surface area contributed by atoms with Crippen LogP contribution in [0.2, 0.25) is 0 Å². The van der Waals surface area contributed by atoms with Gasteiger partial charge in [0, 0.05) is 25.2 Å². The van der Waals surface area contributed by atoms with Crippen molar-refractivity contribution in [3.63, 3.8) is 0 Å². The number of sulfonamides is 1. The Bertz CT molecular complexity index is 616. The molecular weight excluding hydrogens is 274 g/mol. The average Bonchev–Trinajstić information content (AvgIpc) is 2.76. The van der Waals surface area contributed by atoms with Crippen LogP contribution in [0.15, 0.2) is 23.1 Å². The van der Waals surface area contributed by atoms with Gasteiger partial charge in [-0.2, -0.15) is 4.31 Å². The van der Waals surface area contributed by atoms with Gasteiger partial charge in [-0.15, -0.1) is 0 Å². The average molecular weight is 287 g/mol. The molecule has 1 aromatic carbocycles. The number of nitro groups is 1. The molecule has 1 heterocycles. The van der Waals surface area contributed by atoms with E-state index < -0.39 is 21.1 Å². The predicted octanol–water partition coefficient (Wildman–Crippen LogP) is -0.0677. The number of hydrogen-bond donors (Lipinski definition) is 2. The van der Waals surface area contributed by atoms with E-state index in [0.29, 0.717) is 6.42 Å². The summed E-state index contributed by atoms with van der Waals surface area (Å²) < 4.78 is 25.7. The molecule has 0 saturated carbocycles. The summed E-state index contributed by atoms with van der Waals surface area (Å²) in [6.07, 6.45) is -0.372. The summed E-state index contributed by atoms with van der Waals surface area (Å²) >= 11 is 0. The maximum atomic E-state index is 12.3. The number of hydrogen-bond acceptors (Lipinski definition) is 6. The number of nitrogens with zero attached hydrogens (tertiary/aromatic N) is 2. The predicted molar refractivity (Wildman–Crippen MR) is 66.9 cm³/mol. The molecule has 1 saturated heterocycles. The van der Waals surface area contributed by atoms with Crippen molar-refractivity contribution in [1.82, 2.24) is 4.31 Å². The van der Waals surface area contributed by atoms with Crippen molar-refractivity contribution in [1.29, 1.82) is 0 Å². The van der Waals surface area contributed by atoms with E-state index >= 15 is 0 Å². The van der Waals surface area contributed by atoms with E-state index in [1.165, 1.54) is 6.07 Å². The van der Waals surface area contributed by atoms with Crippen molar-refractivity contribution in [3.8, 4) is 0 Å². The topological polar surface area (TPSA) is 127 Å². The fourth-order valence-corrected chi connectivity index (χ4v) is 3.56. The monoisotopic (exact) mass is 287 g/mol. The van der Waals surface area contributed by atoms with Crippen LogP contribution in [0.25, 0.3) is 0 Å². The van der Waals surface area contributed by atoms with Crippen molar-refractivity contribution in [2.24, 2.45) is 0 Å². The molecule has 1 aromatic rings. The van der Waals surface area contributed by atoms with Crippen LogP contribution in [-0.2, 0) is 10.0 Å². The molecule has 19 heavy (non-hydrogen) atoms. The SMILES string of the molecule is Nc1ccc([N+](=O)[O-])cc1S(=O)(=O)N1CCC(O)C1. The van der Waals surface area contributed by atoms with Gasteiger partial charge < -0.3 is 10.8 Å². The molecule has 0 amide bonds. The molecule has 9 heteroatoms. The van der Waals surface area contributed by atoms with Crippen LogP contribution < -0.4 is 5.73 Å². The van der Waals surface area contributed by atoms with Crippen LogP contribution in [0.1, 0.15) is 6.42 Å². The summed E-state index contributed by atoms with van der Waals surface area (Å²) in [6, 6.07) is 3.28. The van der Waals surface area contributed by atoms with E-state index in [4.69, 9.17) is 5.73 Å². The number of benzene rings is 1. The van der Waals surface area contributed by atoms with Crippen LogP contribution in [-0.4, -0.2) is 41.9 Å². The van der Waals surface area contributed by atoms with Crippen molar-refractivity contribution in [2.45, 2.75) is 17.4 Å². The highest BCUT2D eigenvalue weighted by molar-refractivity contribution is 7.89. The van der Waals surface area contributed by atoms with Crippen LogP contribution in [0.5, 0.6) is 0 Å². The normalized spacial score (nSPS) is 20.6. The van der Waals surface area contributed by atoms with Gasteiger partial charge in [-0.25, -0.2) is 8.42 Å². The van der Waals surface area contributed by atoms with Crippen LogP contribution in [0.4, 0.5) is 11.4 Å². The summed E-state index contributed by atoms with van der Waals surface area (Å²) in [5.41, 5.74) is 5.20. The maximum Gasteiger partial charge on any atom is 0.270 e. The molecule has 0 aliphatic carbocycles. The lowest BCUT2D eigenvalue weighted by atomic mass is 10.3. The molecular formula is C10H13N3O5S. The number of non-ortho nitro benzene ring substituents is 1. The molecule has 1 atom stereocenters. The van der Waals surface area contributed by atoms with E-state index in [1.807, 2.05) is 0 Å². The second-order valence-corrected chi connectivity index (χ2v) is 6.19. The van der Waals surface area contributed by atoms with Crippen LogP contribution >= 0.6 is 0 Å². The molecule has 2 rings (SSSR count). The fourth-order valence-electron chi connectivity index (χ4n) is 1.93. The largest absolute Gasteiger partial charge is 0.398 e. The second-order valence-electron chi connectivity index (χ2n) is 4.28. The zero-order chi connectivity index (χ0) is 14.2. The minimum atomic E-state index is -3.91. The molecule has 8 nitrogen and oxygen atoms in total. The minimum absolute atomic E-state index is 0.0233. The Hall–Kier alpha value is -1.71. The first-order chi connectivity index (χ1) is 8.82. The van der Waals surface area contributed by atoms with Gasteiger partial charge in [0.1, 0.15) is 4.90 Å².